The Morgan fingerprint density at radius 2 is 2.05 bits per heavy atom. The molecule has 0 atom stereocenters. The van der Waals surface area contributed by atoms with Gasteiger partial charge in [-0.3, -0.25) is 4.79 Å². The van der Waals surface area contributed by atoms with Gasteiger partial charge in [0.15, 0.2) is 0 Å². The summed E-state index contributed by atoms with van der Waals surface area (Å²) < 4.78 is 0. The molecular formula is C14H22N4O. The zero-order valence-corrected chi connectivity index (χ0v) is 11.2. The number of aromatic nitrogens is 1. The lowest BCUT2D eigenvalue weighted by Gasteiger charge is -2.35. The van der Waals surface area contributed by atoms with Crippen molar-refractivity contribution in [3.8, 4) is 0 Å². The molecule has 0 aromatic carbocycles. The van der Waals surface area contributed by atoms with Gasteiger partial charge in [-0.15, -0.1) is 0 Å². The summed E-state index contributed by atoms with van der Waals surface area (Å²) in [6.07, 6.45) is 7.78. The number of rotatable bonds is 4. The van der Waals surface area contributed by atoms with Gasteiger partial charge < -0.3 is 16.8 Å². The van der Waals surface area contributed by atoms with Crippen LogP contribution < -0.4 is 16.8 Å². The van der Waals surface area contributed by atoms with Gasteiger partial charge >= 0.3 is 0 Å². The third-order valence-corrected chi connectivity index (χ3v) is 3.95. The first-order valence-electron chi connectivity index (χ1n) is 6.85. The molecule has 5 heteroatoms. The summed E-state index contributed by atoms with van der Waals surface area (Å²) in [5.74, 6) is 0.461. The van der Waals surface area contributed by atoms with E-state index in [1.165, 1.54) is 19.3 Å². The zero-order chi connectivity index (χ0) is 13.7. The van der Waals surface area contributed by atoms with Crippen molar-refractivity contribution in [3.05, 3.63) is 18.3 Å². The fourth-order valence-electron chi connectivity index (χ4n) is 2.78. The second kappa shape index (κ2) is 6.02. The molecule has 1 aromatic heterocycles. The third kappa shape index (κ3) is 3.67. The second-order valence-corrected chi connectivity index (χ2v) is 5.46. The maximum absolute atomic E-state index is 12.1. The average molecular weight is 262 g/mol. The molecule has 0 bridgehead atoms. The molecule has 0 radical (unpaired) electrons. The SMILES string of the molecule is NCC1(CC(=O)Nc2ccc(N)nc2)CCCCC1. The van der Waals surface area contributed by atoms with Crippen molar-refractivity contribution in [1.29, 1.82) is 0 Å². The molecule has 104 valence electrons. The number of hydrogen-bond donors (Lipinski definition) is 3. The van der Waals surface area contributed by atoms with Crippen LogP contribution in [0.3, 0.4) is 0 Å². The molecule has 1 aromatic rings. The molecule has 0 aliphatic heterocycles. The van der Waals surface area contributed by atoms with Crippen molar-refractivity contribution in [2.24, 2.45) is 11.1 Å². The van der Waals surface area contributed by atoms with E-state index in [9.17, 15) is 4.79 Å². The summed E-state index contributed by atoms with van der Waals surface area (Å²) in [5.41, 5.74) is 12.1. The Kier molecular flexibility index (Phi) is 4.37. The number of carbonyl (C=O) groups excluding carboxylic acids is 1. The number of amides is 1. The Morgan fingerprint density at radius 1 is 1.32 bits per heavy atom. The minimum Gasteiger partial charge on any atom is -0.384 e. The molecule has 1 fully saturated rings. The minimum absolute atomic E-state index is 0.0103. The van der Waals surface area contributed by atoms with Crippen LogP contribution in [0.4, 0.5) is 11.5 Å². The minimum atomic E-state index is -0.0103. The fourth-order valence-corrected chi connectivity index (χ4v) is 2.78. The second-order valence-electron chi connectivity index (χ2n) is 5.46. The van der Waals surface area contributed by atoms with Gasteiger partial charge in [0, 0.05) is 6.42 Å². The van der Waals surface area contributed by atoms with Gasteiger partial charge in [0.1, 0.15) is 5.82 Å². The highest BCUT2D eigenvalue weighted by molar-refractivity contribution is 5.91. The highest BCUT2D eigenvalue weighted by Crippen LogP contribution is 2.38. The number of nitrogens with zero attached hydrogens (tertiary/aromatic N) is 1. The predicted molar refractivity (Wildman–Crippen MR) is 76.5 cm³/mol. The van der Waals surface area contributed by atoms with Gasteiger partial charge in [-0.1, -0.05) is 19.3 Å². The van der Waals surface area contributed by atoms with E-state index in [0.29, 0.717) is 24.5 Å². The van der Waals surface area contributed by atoms with Crippen LogP contribution in [0.25, 0.3) is 0 Å². The number of nitrogens with two attached hydrogens (primary N) is 2. The lowest BCUT2D eigenvalue weighted by molar-refractivity contribution is -0.118. The summed E-state index contributed by atoms with van der Waals surface area (Å²) in [5, 5.41) is 2.86. The maximum atomic E-state index is 12.1. The number of carbonyl (C=O) groups is 1. The topological polar surface area (TPSA) is 94.0 Å². The standard InChI is InChI=1S/C14H22N4O/c15-10-14(6-2-1-3-7-14)8-13(19)18-11-4-5-12(16)17-9-11/h4-5,9H,1-3,6-8,10,15H2,(H2,16,17)(H,18,19). The Hall–Kier alpha value is -1.62. The van der Waals surface area contributed by atoms with Gasteiger partial charge in [0.05, 0.1) is 11.9 Å². The largest absolute Gasteiger partial charge is 0.384 e. The number of pyridine rings is 1. The monoisotopic (exact) mass is 262 g/mol. The van der Waals surface area contributed by atoms with Gasteiger partial charge in [0.2, 0.25) is 5.91 Å². The number of nitrogen functional groups attached to an aromatic ring is 1. The number of hydrogen-bond acceptors (Lipinski definition) is 4. The molecule has 1 aliphatic rings. The Balaban J connectivity index is 1.94. The Morgan fingerprint density at radius 3 is 2.63 bits per heavy atom. The van der Waals surface area contributed by atoms with Crippen molar-refractivity contribution >= 4 is 17.4 Å². The van der Waals surface area contributed by atoms with Crippen molar-refractivity contribution in [2.75, 3.05) is 17.6 Å². The zero-order valence-electron chi connectivity index (χ0n) is 11.2. The van der Waals surface area contributed by atoms with Crippen LogP contribution in [-0.4, -0.2) is 17.4 Å². The van der Waals surface area contributed by atoms with Crippen LogP contribution in [0.2, 0.25) is 0 Å². The van der Waals surface area contributed by atoms with E-state index in [2.05, 4.69) is 10.3 Å². The molecule has 1 amide bonds. The van der Waals surface area contributed by atoms with E-state index in [1.54, 1.807) is 18.3 Å². The van der Waals surface area contributed by atoms with E-state index in [-0.39, 0.29) is 11.3 Å². The summed E-state index contributed by atoms with van der Waals surface area (Å²) in [7, 11) is 0. The van der Waals surface area contributed by atoms with E-state index in [0.717, 1.165) is 12.8 Å². The lowest BCUT2D eigenvalue weighted by Crippen LogP contribution is -2.36. The van der Waals surface area contributed by atoms with E-state index in [4.69, 9.17) is 11.5 Å². The van der Waals surface area contributed by atoms with Crippen LogP contribution in [0.1, 0.15) is 38.5 Å². The smallest absolute Gasteiger partial charge is 0.225 e. The van der Waals surface area contributed by atoms with Crippen molar-refractivity contribution in [1.82, 2.24) is 4.98 Å². The molecule has 1 saturated carbocycles. The first kappa shape index (κ1) is 13.8. The summed E-state index contributed by atoms with van der Waals surface area (Å²) >= 11 is 0. The van der Waals surface area contributed by atoms with E-state index >= 15 is 0 Å². The molecule has 0 spiro atoms. The third-order valence-electron chi connectivity index (χ3n) is 3.95. The molecular weight excluding hydrogens is 240 g/mol. The predicted octanol–water partition coefficient (Wildman–Crippen LogP) is 1.90. The maximum Gasteiger partial charge on any atom is 0.225 e. The Bertz CT molecular complexity index is 424. The van der Waals surface area contributed by atoms with Gasteiger partial charge in [-0.05, 0) is 36.9 Å². The molecule has 2 rings (SSSR count). The van der Waals surface area contributed by atoms with E-state index < -0.39 is 0 Å². The summed E-state index contributed by atoms with van der Waals surface area (Å²) in [6.45, 7) is 0.584. The van der Waals surface area contributed by atoms with Crippen LogP contribution in [0.5, 0.6) is 0 Å². The number of nitrogens with one attached hydrogen (secondary N) is 1. The van der Waals surface area contributed by atoms with Crippen molar-refractivity contribution in [2.45, 2.75) is 38.5 Å². The molecule has 1 aliphatic carbocycles. The van der Waals surface area contributed by atoms with Crippen LogP contribution in [-0.2, 0) is 4.79 Å². The highest BCUT2D eigenvalue weighted by Gasteiger charge is 2.32. The number of anilines is 2. The summed E-state index contributed by atoms with van der Waals surface area (Å²) in [6, 6.07) is 3.44. The van der Waals surface area contributed by atoms with Crippen LogP contribution in [0.15, 0.2) is 18.3 Å². The van der Waals surface area contributed by atoms with Crippen LogP contribution >= 0.6 is 0 Å². The van der Waals surface area contributed by atoms with Gasteiger partial charge in [-0.25, -0.2) is 4.98 Å². The molecule has 1 heterocycles. The molecule has 19 heavy (non-hydrogen) atoms. The van der Waals surface area contributed by atoms with Crippen molar-refractivity contribution < 1.29 is 4.79 Å². The Labute approximate surface area is 113 Å². The first-order valence-corrected chi connectivity index (χ1v) is 6.85. The van der Waals surface area contributed by atoms with Gasteiger partial charge in [-0.2, -0.15) is 0 Å². The average Bonchev–Trinajstić information content (AvgIpc) is 2.42. The van der Waals surface area contributed by atoms with Crippen molar-refractivity contribution in [3.63, 3.8) is 0 Å². The first-order chi connectivity index (χ1) is 9.13. The fraction of sp³-hybridized carbons (Fsp3) is 0.571. The molecule has 0 unspecified atom stereocenters. The summed E-state index contributed by atoms with van der Waals surface area (Å²) in [4.78, 5) is 16.1. The van der Waals surface area contributed by atoms with E-state index in [1.807, 2.05) is 0 Å². The lowest BCUT2D eigenvalue weighted by atomic mass is 9.71. The van der Waals surface area contributed by atoms with Gasteiger partial charge in [0.25, 0.3) is 0 Å². The highest BCUT2D eigenvalue weighted by atomic mass is 16.1. The molecule has 5 N–H and O–H groups in total. The molecule has 0 saturated heterocycles. The van der Waals surface area contributed by atoms with Crippen LogP contribution in [0, 0.1) is 5.41 Å². The quantitative estimate of drug-likeness (QED) is 0.772. The normalized spacial score (nSPS) is 17.9. The molecule has 5 nitrogen and oxygen atoms in total.